The Balaban J connectivity index is 1.83. The minimum atomic E-state index is -0.890. The first-order valence-electron chi connectivity index (χ1n) is 6.99. The number of aromatic nitrogens is 3. The Kier molecular flexibility index (Phi) is 3.68. The van der Waals surface area contributed by atoms with Crippen LogP contribution in [-0.2, 0) is 4.74 Å². The molecule has 3 rings (SSSR count). The van der Waals surface area contributed by atoms with Crippen LogP contribution in [0.2, 0.25) is 0 Å². The molecule has 0 saturated heterocycles. The highest BCUT2D eigenvalue weighted by Crippen LogP contribution is 2.29. The molecular formula is C15H16FN3O2. The summed E-state index contributed by atoms with van der Waals surface area (Å²) in [7, 11) is 0. The van der Waals surface area contributed by atoms with Gasteiger partial charge in [-0.15, -0.1) is 0 Å². The van der Waals surface area contributed by atoms with Crippen LogP contribution in [0.15, 0.2) is 30.3 Å². The second-order valence-electron chi connectivity index (χ2n) is 5.30. The molecule has 0 bridgehead atoms. The Morgan fingerprint density at radius 2 is 2.14 bits per heavy atom. The lowest BCUT2D eigenvalue weighted by molar-refractivity contribution is 0.0464. The molecule has 0 N–H and O–H groups in total. The summed E-state index contributed by atoms with van der Waals surface area (Å²) in [6.45, 7) is 2.17. The largest absolute Gasteiger partial charge is 0.461 e. The lowest BCUT2D eigenvalue weighted by Gasteiger charge is -2.14. The maximum absolute atomic E-state index is 13.8. The second kappa shape index (κ2) is 5.63. The third-order valence-corrected chi connectivity index (χ3v) is 3.64. The van der Waals surface area contributed by atoms with Crippen molar-refractivity contribution in [3.63, 3.8) is 0 Å². The predicted octanol–water partition coefficient (Wildman–Crippen LogP) is 2.59. The minimum absolute atomic E-state index is 0.216. The van der Waals surface area contributed by atoms with Gasteiger partial charge in [0, 0.05) is 0 Å². The zero-order chi connectivity index (χ0) is 14.8. The number of rotatable bonds is 5. The molecule has 0 spiro atoms. The third kappa shape index (κ3) is 2.94. The number of carbonyl (C=O) groups excluding carboxylic acids is 1. The Morgan fingerprint density at radius 3 is 2.81 bits per heavy atom. The van der Waals surface area contributed by atoms with Gasteiger partial charge in [-0.1, -0.05) is 40.6 Å². The summed E-state index contributed by atoms with van der Waals surface area (Å²) in [5.74, 6) is -1.17. The molecule has 0 unspecified atom stereocenters. The lowest BCUT2D eigenvalue weighted by atomic mass is 10.1. The summed E-state index contributed by atoms with van der Waals surface area (Å²) in [6, 6.07) is 9.14. The highest BCUT2D eigenvalue weighted by atomic mass is 19.1. The molecule has 1 aromatic carbocycles. The number of ether oxygens (including phenoxy) is 1. The van der Waals surface area contributed by atoms with Crippen LogP contribution in [0.1, 0.15) is 41.9 Å². The van der Waals surface area contributed by atoms with Crippen LogP contribution in [0.4, 0.5) is 4.39 Å². The number of esters is 1. The molecule has 1 saturated carbocycles. The molecule has 2 aromatic rings. The first-order valence-corrected chi connectivity index (χ1v) is 6.99. The molecular weight excluding hydrogens is 273 g/mol. The van der Waals surface area contributed by atoms with Gasteiger partial charge in [0.2, 0.25) is 5.69 Å². The number of nitrogens with zero attached hydrogens (tertiary/aromatic N) is 3. The van der Waals surface area contributed by atoms with Crippen molar-refractivity contribution in [3.05, 3.63) is 47.5 Å². The van der Waals surface area contributed by atoms with Gasteiger partial charge in [0.1, 0.15) is 0 Å². The zero-order valence-corrected chi connectivity index (χ0v) is 11.7. The molecule has 0 amide bonds. The number of benzene rings is 1. The van der Waals surface area contributed by atoms with Gasteiger partial charge in [-0.2, -0.15) is 4.39 Å². The standard InChI is InChI=1S/C15H16FN3O2/c1-10(12-5-3-2-4-6-12)19-13(14(16)17-18-19)15(20)21-9-11-7-8-11/h2-6,10-11H,7-9H2,1H3/t10-/m1/s1. The Hall–Kier alpha value is -2.24. The van der Waals surface area contributed by atoms with Gasteiger partial charge in [-0.05, 0) is 31.2 Å². The summed E-state index contributed by atoms with van der Waals surface area (Å²) in [5, 5.41) is 7.12. The van der Waals surface area contributed by atoms with Crippen LogP contribution in [0, 0.1) is 11.9 Å². The smallest absolute Gasteiger partial charge is 0.361 e. The molecule has 6 heteroatoms. The van der Waals surface area contributed by atoms with Gasteiger partial charge in [-0.3, -0.25) is 0 Å². The molecule has 1 atom stereocenters. The summed E-state index contributed by atoms with van der Waals surface area (Å²) in [5.41, 5.74) is 0.700. The van der Waals surface area contributed by atoms with E-state index in [0.29, 0.717) is 12.5 Å². The van der Waals surface area contributed by atoms with Crippen molar-refractivity contribution in [1.29, 1.82) is 0 Å². The highest BCUT2D eigenvalue weighted by Gasteiger charge is 2.28. The number of halogens is 1. The van der Waals surface area contributed by atoms with Gasteiger partial charge < -0.3 is 4.74 Å². The van der Waals surface area contributed by atoms with Gasteiger partial charge in [0.25, 0.3) is 5.95 Å². The van der Waals surface area contributed by atoms with Crippen LogP contribution < -0.4 is 0 Å². The minimum Gasteiger partial charge on any atom is -0.461 e. The van der Waals surface area contributed by atoms with Crippen molar-refractivity contribution in [3.8, 4) is 0 Å². The van der Waals surface area contributed by atoms with Gasteiger partial charge in [-0.25, -0.2) is 9.48 Å². The van der Waals surface area contributed by atoms with E-state index in [1.54, 1.807) is 0 Å². The fourth-order valence-corrected chi connectivity index (χ4v) is 2.14. The molecule has 1 aromatic heterocycles. The molecule has 0 radical (unpaired) electrons. The number of hydrogen-bond donors (Lipinski definition) is 0. The summed E-state index contributed by atoms with van der Waals surface area (Å²) < 4.78 is 20.2. The SMILES string of the molecule is C[C@H](c1ccccc1)n1nnc(F)c1C(=O)OCC1CC1. The third-order valence-electron chi connectivity index (χ3n) is 3.64. The van der Waals surface area contributed by atoms with E-state index in [9.17, 15) is 9.18 Å². The van der Waals surface area contributed by atoms with Crippen molar-refractivity contribution in [2.45, 2.75) is 25.8 Å². The molecule has 1 aliphatic carbocycles. The maximum atomic E-state index is 13.8. The number of carbonyl (C=O) groups is 1. The summed E-state index contributed by atoms with van der Waals surface area (Å²) in [6.07, 6.45) is 2.13. The monoisotopic (exact) mass is 289 g/mol. The molecule has 1 fully saturated rings. The van der Waals surface area contributed by atoms with Gasteiger partial charge >= 0.3 is 5.97 Å². The lowest BCUT2D eigenvalue weighted by Crippen LogP contribution is -2.19. The Labute approximate surface area is 121 Å². The van der Waals surface area contributed by atoms with E-state index in [4.69, 9.17) is 4.74 Å². The van der Waals surface area contributed by atoms with E-state index in [1.807, 2.05) is 37.3 Å². The first-order chi connectivity index (χ1) is 10.2. The maximum Gasteiger partial charge on any atom is 0.361 e. The van der Waals surface area contributed by atoms with Gasteiger partial charge in [0.05, 0.1) is 12.6 Å². The Morgan fingerprint density at radius 1 is 1.43 bits per heavy atom. The average molecular weight is 289 g/mol. The van der Waals surface area contributed by atoms with Crippen molar-refractivity contribution < 1.29 is 13.9 Å². The molecule has 1 aliphatic rings. The van der Waals surface area contributed by atoms with E-state index in [2.05, 4.69) is 10.3 Å². The van der Waals surface area contributed by atoms with Crippen molar-refractivity contribution in [2.75, 3.05) is 6.61 Å². The second-order valence-corrected chi connectivity index (χ2v) is 5.30. The van der Waals surface area contributed by atoms with Crippen molar-refractivity contribution in [1.82, 2.24) is 15.0 Å². The van der Waals surface area contributed by atoms with Crippen LogP contribution in [0.25, 0.3) is 0 Å². The van der Waals surface area contributed by atoms with E-state index in [0.717, 1.165) is 18.4 Å². The van der Waals surface area contributed by atoms with Crippen LogP contribution >= 0.6 is 0 Å². The average Bonchev–Trinajstić information content (AvgIpc) is 3.26. The van der Waals surface area contributed by atoms with Crippen LogP contribution in [-0.4, -0.2) is 27.6 Å². The van der Waals surface area contributed by atoms with E-state index in [1.165, 1.54) is 4.68 Å². The quantitative estimate of drug-likeness (QED) is 0.794. The van der Waals surface area contributed by atoms with Crippen molar-refractivity contribution in [2.24, 2.45) is 5.92 Å². The zero-order valence-electron chi connectivity index (χ0n) is 11.7. The van der Waals surface area contributed by atoms with Crippen LogP contribution in [0.5, 0.6) is 0 Å². The van der Waals surface area contributed by atoms with E-state index in [-0.39, 0.29) is 11.7 Å². The Bertz CT molecular complexity index is 638. The first kappa shape index (κ1) is 13.7. The fourth-order valence-electron chi connectivity index (χ4n) is 2.14. The summed E-state index contributed by atoms with van der Waals surface area (Å²) in [4.78, 5) is 12.1. The molecule has 5 nitrogen and oxygen atoms in total. The normalized spacial score (nSPS) is 15.7. The molecule has 1 heterocycles. The predicted molar refractivity (Wildman–Crippen MR) is 73.2 cm³/mol. The van der Waals surface area contributed by atoms with Crippen molar-refractivity contribution >= 4 is 5.97 Å². The fraction of sp³-hybridized carbons (Fsp3) is 0.400. The summed E-state index contributed by atoms with van der Waals surface area (Å²) >= 11 is 0. The van der Waals surface area contributed by atoms with Crippen LogP contribution in [0.3, 0.4) is 0 Å². The molecule has 21 heavy (non-hydrogen) atoms. The van der Waals surface area contributed by atoms with E-state index < -0.39 is 11.9 Å². The highest BCUT2D eigenvalue weighted by molar-refractivity contribution is 5.87. The topological polar surface area (TPSA) is 57.0 Å². The molecule has 110 valence electrons. The molecule has 0 aliphatic heterocycles. The van der Waals surface area contributed by atoms with Gasteiger partial charge in [0.15, 0.2) is 0 Å². The number of hydrogen-bond acceptors (Lipinski definition) is 4. The van der Waals surface area contributed by atoms with E-state index >= 15 is 0 Å².